The molecular weight excluding hydrogens is 201 g/mol. The first-order chi connectivity index (χ1) is 6.75. The molecule has 0 bridgehead atoms. The molecule has 0 atom stereocenters. The average molecular weight is 214 g/mol. The zero-order valence-electron chi connectivity index (χ0n) is 7.89. The molecule has 0 aliphatic heterocycles. The van der Waals surface area contributed by atoms with E-state index in [1.165, 1.54) is 25.0 Å². The quantitative estimate of drug-likeness (QED) is 0.811. The van der Waals surface area contributed by atoms with Crippen molar-refractivity contribution in [3.8, 4) is 0 Å². The Hall–Kier alpha value is -0.600. The van der Waals surface area contributed by atoms with Crippen molar-refractivity contribution in [1.29, 1.82) is 0 Å². The van der Waals surface area contributed by atoms with Crippen molar-refractivity contribution in [3.05, 3.63) is 34.6 Å². The van der Waals surface area contributed by atoms with Crippen molar-refractivity contribution in [3.63, 3.8) is 0 Å². The molecule has 1 saturated carbocycles. The molecule has 0 aromatic heterocycles. The van der Waals surface area contributed by atoms with Crippen LogP contribution in [0.15, 0.2) is 18.2 Å². The summed E-state index contributed by atoms with van der Waals surface area (Å²) in [6.45, 7) is 0.927. The minimum atomic E-state index is -0.270. The van der Waals surface area contributed by atoms with Crippen LogP contribution in [-0.2, 0) is 6.42 Å². The van der Waals surface area contributed by atoms with Gasteiger partial charge in [0.05, 0.1) is 0 Å². The second-order valence-electron chi connectivity index (χ2n) is 3.71. The molecule has 1 nitrogen and oxygen atoms in total. The van der Waals surface area contributed by atoms with Crippen LogP contribution in [0, 0.1) is 5.82 Å². The molecule has 0 amide bonds. The summed E-state index contributed by atoms with van der Waals surface area (Å²) in [5.41, 5.74) is 1.02. The molecule has 76 valence electrons. The van der Waals surface area contributed by atoms with Crippen molar-refractivity contribution in [2.24, 2.45) is 0 Å². The summed E-state index contributed by atoms with van der Waals surface area (Å²) in [5.74, 6) is -0.270. The Morgan fingerprint density at radius 3 is 2.86 bits per heavy atom. The van der Waals surface area contributed by atoms with Crippen LogP contribution in [0.1, 0.15) is 18.4 Å². The molecular formula is C11H13ClFN. The van der Waals surface area contributed by atoms with Gasteiger partial charge in [-0.15, -0.1) is 0 Å². The van der Waals surface area contributed by atoms with Crippen molar-refractivity contribution in [2.45, 2.75) is 25.3 Å². The lowest BCUT2D eigenvalue weighted by atomic mass is 10.1. The molecule has 0 spiro atoms. The number of benzene rings is 1. The summed E-state index contributed by atoms with van der Waals surface area (Å²) in [6, 6.07) is 5.30. The Morgan fingerprint density at radius 1 is 1.43 bits per heavy atom. The third kappa shape index (κ3) is 2.69. The van der Waals surface area contributed by atoms with Gasteiger partial charge in [0, 0.05) is 11.1 Å². The van der Waals surface area contributed by atoms with Gasteiger partial charge in [-0.05, 0) is 43.5 Å². The lowest BCUT2D eigenvalue weighted by Crippen LogP contribution is -2.19. The standard InChI is InChI=1S/C11H13ClFN/c12-11-7-9(13)2-1-8(11)5-6-14-10-3-4-10/h1-2,7,10,14H,3-6H2. The third-order valence-electron chi connectivity index (χ3n) is 2.42. The van der Waals surface area contributed by atoms with E-state index in [1.54, 1.807) is 6.07 Å². The van der Waals surface area contributed by atoms with Gasteiger partial charge in [0.25, 0.3) is 0 Å². The van der Waals surface area contributed by atoms with Crippen LogP contribution >= 0.6 is 11.6 Å². The second kappa shape index (κ2) is 4.28. The topological polar surface area (TPSA) is 12.0 Å². The van der Waals surface area contributed by atoms with Gasteiger partial charge in [-0.1, -0.05) is 17.7 Å². The van der Waals surface area contributed by atoms with E-state index in [9.17, 15) is 4.39 Å². The summed E-state index contributed by atoms with van der Waals surface area (Å²) in [4.78, 5) is 0. The van der Waals surface area contributed by atoms with Crippen LogP contribution in [0.25, 0.3) is 0 Å². The average Bonchev–Trinajstić information content (AvgIpc) is 2.92. The summed E-state index contributed by atoms with van der Waals surface area (Å²) in [5, 5.41) is 3.92. The molecule has 1 aliphatic carbocycles. The molecule has 0 radical (unpaired) electrons. The summed E-state index contributed by atoms with van der Waals surface area (Å²) >= 11 is 5.89. The number of hydrogen-bond acceptors (Lipinski definition) is 1. The van der Waals surface area contributed by atoms with Crippen LogP contribution in [-0.4, -0.2) is 12.6 Å². The van der Waals surface area contributed by atoms with Crippen molar-refractivity contribution in [2.75, 3.05) is 6.54 Å². The van der Waals surface area contributed by atoms with Crippen LogP contribution < -0.4 is 5.32 Å². The second-order valence-corrected chi connectivity index (χ2v) is 4.12. The maximum Gasteiger partial charge on any atom is 0.124 e. The Labute approximate surface area is 88.3 Å². The minimum Gasteiger partial charge on any atom is -0.314 e. The molecule has 3 heteroatoms. The predicted octanol–water partition coefficient (Wildman–Crippen LogP) is 2.77. The molecule has 1 fully saturated rings. The van der Waals surface area contributed by atoms with Gasteiger partial charge in [-0.2, -0.15) is 0 Å². The van der Waals surface area contributed by atoms with Gasteiger partial charge in [-0.3, -0.25) is 0 Å². The molecule has 0 saturated heterocycles. The minimum absolute atomic E-state index is 0.270. The molecule has 14 heavy (non-hydrogen) atoms. The van der Waals surface area contributed by atoms with Gasteiger partial charge in [0.15, 0.2) is 0 Å². The first kappa shape index (κ1) is 9.94. The maximum absolute atomic E-state index is 12.7. The third-order valence-corrected chi connectivity index (χ3v) is 2.77. The van der Waals surface area contributed by atoms with Gasteiger partial charge in [0.2, 0.25) is 0 Å². The summed E-state index contributed by atoms with van der Waals surface area (Å²) in [7, 11) is 0. The first-order valence-corrected chi connectivity index (χ1v) is 5.31. The Morgan fingerprint density at radius 2 is 2.21 bits per heavy atom. The molecule has 1 N–H and O–H groups in total. The first-order valence-electron chi connectivity index (χ1n) is 4.93. The Balaban J connectivity index is 1.87. The normalized spacial score (nSPS) is 15.9. The smallest absolute Gasteiger partial charge is 0.124 e. The van der Waals surface area contributed by atoms with Gasteiger partial charge >= 0.3 is 0 Å². The number of nitrogens with one attached hydrogen (secondary N) is 1. The van der Waals surface area contributed by atoms with Crippen LogP contribution in [0.5, 0.6) is 0 Å². The Bertz CT molecular complexity index is 323. The molecule has 2 rings (SSSR count). The fraction of sp³-hybridized carbons (Fsp3) is 0.455. The zero-order chi connectivity index (χ0) is 9.97. The van der Waals surface area contributed by atoms with Crippen LogP contribution in [0.2, 0.25) is 5.02 Å². The van der Waals surface area contributed by atoms with E-state index in [2.05, 4.69) is 5.32 Å². The predicted molar refractivity (Wildman–Crippen MR) is 56.1 cm³/mol. The Kier molecular flexibility index (Phi) is 3.04. The molecule has 1 aromatic rings. The van der Waals surface area contributed by atoms with Gasteiger partial charge in [0.1, 0.15) is 5.82 Å². The van der Waals surface area contributed by atoms with Crippen molar-refractivity contribution >= 4 is 11.6 Å². The van der Waals surface area contributed by atoms with Crippen LogP contribution in [0.4, 0.5) is 4.39 Å². The highest BCUT2D eigenvalue weighted by atomic mass is 35.5. The van der Waals surface area contributed by atoms with E-state index in [0.717, 1.165) is 18.5 Å². The maximum atomic E-state index is 12.7. The summed E-state index contributed by atoms with van der Waals surface area (Å²) in [6.07, 6.45) is 3.45. The van der Waals surface area contributed by atoms with E-state index in [0.29, 0.717) is 11.1 Å². The van der Waals surface area contributed by atoms with Gasteiger partial charge < -0.3 is 5.32 Å². The lowest BCUT2D eigenvalue weighted by Gasteiger charge is -2.05. The van der Waals surface area contributed by atoms with Gasteiger partial charge in [-0.25, -0.2) is 4.39 Å². The van der Waals surface area contributed by atoms with E-state index in [1.807, 2.05) is 0 Å². The number of rotatable bonds is 4. The van der Waals surface area contributed by atoms with E-state index in [4.69, 9.17) is 11.6 Å². The largest absolute Gasteiger partial charge is 0.314 e. The fourth-order valence-corrected chi connectivity index (χ4v) is 1.68. The van der Waals surface area contributed by atoms with E-state index in [-0.39, 0.29) is 5.82 Å². The molecule has 1 aromatic carbocycles. The van der Waals surface area contributed by atoms with E-state index >= 15 is 0 Å². The zero-order valence-corrected chi connectivity index (χ0v) is 8.65. The molecule has 0 unspecified atom stereocenters. The van der Waals surface area contributed by atoms with Crippen LogP contribution in [0.3, 0.4) is 0 Å². The number of halogens is 2. The van der Waals surface area contributed by atoms with Crippen molar-refractivity contribution in [1.82, 2.24) is 5.32 Å². The molecule has 0 heterocycles. The molecule has 1 aliphatic rings. The highest BCUT2D eigenvalue weighted by Crippen LogP contribution is 2.20. The highest BCUT2D eigenvalue weighted by molar-refractivity contribution is 6.31. The summed E-state index contributed by atoms with van der Waals surface area (Å²) < 4.78 is 12.7. The lowest BCUT2D eigenvalue weighted by molar-refractivity contribution is 0.626. The highest BCUT2D eigenvalue weighted by Gasteiger charge is 2.19. The van der Waals surface area contributed by atoms with E-state index < -0.39 is 0 Å². The fourth-order valence-electron chi connectivity index (χ4n) is 1.42. The SMILES string of the molecule is Fc1ccc(CCNC2CC2)c(Cl)c1. The monoisotopic (exact) mass is 213 g/mol. The number of hydrogen-bond donors (Lipinski definition) is 1. The van der Waals surface area contributed by atoms with Crippen molar-refractivity contribution < 1.29 is 4.39 Å².